The molecule has 0 radical (unpaired) electrons. The zero-order valence-corrected chi connectivity index (χ0v) is 17.7. The monoisotopic (exact) mass is 465 g/mol. The maximum atomic E-state index is 13.4. The molecule has 3 heterocycles. The van der Waals surface area contributed by atoms with Gasteiger partial charge in [-0.3, -0.25) is 14.8 Å². The van der Waals surface area contributed by atoms with Crippen molar-refractivity contribution < 1.29 is 27.4 Å². The summed E-state index contributed by atoms with van der Waals surface area (Å²) in [6, 6.07) is 16.0. The van der Waals surface area contributed by atoms with E-state index < -0.39 is 11.9 Å². The van der Waals surface area contributed by atoms with Crippen LogP contribution in [0.4, 0.5) is 13.2 Å². The molecule has 9 heteroatoms. The summed E-state index contributed by atoms with van der Waals surface area (Å²) in [6.45, 7) is 0.281. The molecule has 6 nitrogen and oxygen atoms in total. The van der Waals surface area contributed by atoms with Gasteiger partial charge in [0.2, 0.25) is 0 Å². The van der Waals surface area contributed by atoms with Crippen LogP contribution in [0.3, 0.4) is 0 Å². The first-order chi connectivity index (χ1) is 16.3. The summed E-state index contributed by atoms with van der Waals surface area (Å²) < 4.78 is 47.6. The lowest BCUT2D eigenvalue weighted by molar-refractivity contribution is -0.274. The highest BCUT2D eigenvalue weighted by atomic mass is 19.4. The van der Waals surface area contributed by atoms with Gasteiger partial charge in [0.05, 0.1) is 6.61 Å². The number of hydrogen-bond donors (Lipinski definition) is 1. The number of carbonyl (C=O) groups is 1. The van der Waals surface area contributed by atoms with E-state index in [0.717, 1.165) is 10.8 Å². The summed E-state index contributed by atoms with van der Waals surface area (Å²) in [7, 11) is 0. The molecule has 1 amide bonds. The highest BCUT2D eigenvalue weighted by Crippen LogP contribution is 2.41. The molecule has 1 aliphatic rings. The summed E-state index contributed by atoms with van der Waals surface area (Å²) in [5.74, 6) is -0.212. The van der Waals surface area contributed by atoms with Crippen molar-refractivity contribution in [2.75, 3.05) is 6.61 Å². The van der Waals surface area contributed by atoms with E-state index in [1.807, 2.05) is 12.1 Å². The second-order valence-corrected chi connectivity index (χ2v) is 7.82. The van der Waals surface area contributed by atoms with Gasteiger partial charge in [-0.2, -0.15) is 0 Å². The lowest BCUT2D eigenvalue weighted by Crippen LogP contribution is -2.50. The van der Waals surface area contributed by atoms with Crippen LogP contribution in [-0.4, -0.2) is 28.8 Å². The van der Waals surface area contributed by atoms with Crippen LogP contribution in [0.5, 0.6) is 11.5 Å². The Labute approximate surface area is 192 Å². The highest BCUT2D eigenvalue weighted by Gasteiger charge is 2.42. The third-order valence-corrected chi connectivity index (χ3v) is 5.72. The van der Waals surface area contributed by atoms with Crippen LogP contribution in [0.25, 0.3) is 10.8 Å². The standard InChI is InChI=1S/C25H18F3N3O3/c26-25(27,28)34-20-7-5-19(6-8-20)24(10-13-33-21-2-1-11-30-22(21)24)31-23(32)17-3-4-18-15-29-12-9-16(18)14-17/h1-9,11-12,14-15H,10,13H2,(H,31,32). The summed E-state index contributed by atoms with van der Waals surface area (Å²) >= 11 is 0. The minimum atomic E-state index is -4.80. The molecule has 0 saturated heterocycles. The molecule has 2 aromatic carbocycles. The number of rotatable bonds is 4. The molecule has 1 N–H and O–H groups in total. The topological polar surface area (TPSA) is 73.3 Å². The van der Waals surface area contributed by atoms with Crippen molar-refractivity contribution in [3.63, 3.8) is 0 Å². The van der Waals surface area contributed by atoms with Crippen molar-refractivity contribution in [2.45, 2.75) is 18.3 Å². The van der Waals surface area contributed by atoms with E-state index in [4.69, 9.17) is 4.74 Å². The van der Waals surface area contributed by atoms with Gasteiger partial charge in [0.1, 0.15) is 22.7 Å². The van der Waals surface area contributed by atoms with Gasteiger partial charge >= 0.3 is 6.36 Å². The smallest absolute Gasteiger partial charge is 0.491 e. The molecule has 4 aromatic rings. The van der Waals surface area contributed by atoms with Gasteiger partial charge in [0.25, 0.3) is 5.91 Å². The summed E-state index contributed by atoms with van der Waals surface area (Å²) in [4.78, 5) is 22.0. The first-order valence-electron chi connectivity index (χ1n) is 10.4. The lowest BCUT2D eigenvalue weighted by Gasteiger charge is -2.39. The second-order valence-electron chi connectivity index (χ2n) is 7.82. The minimum absolute atomic E-state index is 0.281. The molecule has 34 heavy (non-hydrogen) atoms. The molecular weight excluding hydrogens is 447 g/mol. The van der Waals surface area contributed by atoms with Crippen molar-refractivity contribution in [1.82, 2.24) is 15.3 Å². The van der Waals surface area contributed by atoms with Crippen molar-refractivity contribution in [2.24, 2.45) is 0 Å². The van der Waals surface area contributed by atoms with Gasteiger partial charge in [-0.25, -0.2) is 0 Å². The number of amides is 1. The fraction of sp³-hybridized carbons (Fsp3) is 0.160. The van der Waals surface area contributed by atoms with Crippen LogP contribution in [-0.2, 0) is 5.54 Å². The molecule has 0 aliphatic carbocycles. The average molecular weight is 465 g/mol. The second kappa shape index (κ2) is 8.33. The third-order valence-electron chi connectivity index (χ3n) is 5.72. The Balaban J connectivity index is 1.56. The maximum absolute atomic E-state index is 13.4. The van der Waals surface area contributed by atoms with E-state index >= 15 is 0 Å². The molecule has 1 unspecified atom stereocenters. The number of nitrogens with one attached hydrogen (secondary N) is 1. The van der Waals surface area contributed by atoms with Gasteiger partial charge in [-0.15, -0.1) is 13.2 Å². The Morgan fingerprint density at radius 3 is 2.65 bits per heavy atom. The summed E-state index contributed by atoms with van der Waals surface area (Å²) in [5.41, 5.74) is 0.349. The van der Waals surface area contributed by atoms with E-state index in [1.165, 1.54) is 24.3 Å². The van der Waals surface area contributed by atoms with Crippen molar-refractivity contribution >= 4 is 16.7 Å². The van der Waals surface area contributed by atoms with Gasteiger partial charge in [-0.1, -0.05) is 18.2 Å². The van der Waals surface area contributed by atoms with Crippen LogP contribution < -0.4 is 14.8 Å². The van der Waals surface area contributed by atoms with Crippen LogP contribution in [0, 0.1) is 0 Å². The lowest BCUT2D eigenvalue weighted by atomic mass is 9.81. The van der Waals surface area contributed by atoms with E-state index in [1.54, 1.807) is 42.9 Å². The molecule has 2 aromatic heterocycles. The van der Waals surface area contributed by atoms with Crippen LogP contribution in [0.1, 0.15) is 28.0 Å². The number of fused-ring (bicyclic) bond motifs is 2. The molecule has 0 spiro atoms. The van der Waals surface area contributed by atoms with Crippen LogP contribution >= 0.6 is 0 Å². The largest absolute Gasteiger partial charge is 0.573 e. The highest BCUT2D eigenvalue weighted by molar-refractivity contribution is 5.99. The van der Waals surface area contributed by atoms with Crippen molar-refractivity contribution in [1.29, 1.82) is 0 Å². The fourth-order valence-electron chi connectivity index (χ4n) is 4.17. The number of hydrogen-bond acceptors (Lipinski definition) is 5. The number of ether oxygens (including phenoxy) is 2. The normalized spacial score (nSPS) is 17.5. The number of nitrogens with zero attached hydrogens (tertiary/aromatic N) is 2. The zero-order chi connectivity index (χ0) is 23.8. The van der Waals surface area contributed by atoms with Crippen molar-refractivity contribution in [3.8, 4) is 11.5 Å². The SMILES string of the molecule is O=C(NC1(c2ccc(OC(F)(F)F)cc2)CCOc2cccnc21)c1ccc2cnccc2c1. The number of aromatic nitrogens is 2. The molecule has 5 rings (SSSR count). The average Bonchev–Trinajstić information content (AvgIpc) is 2.83. The van der Waals surface area contributed by atoms with E-state index in [0.29, 0.717) is 29.0 Å². The Hall–Kier alpha value is -4.14. The number of carbonyl (C=O) groups excluding carboxylic acids is 1. The molecule has 0 saturated carbocycles. The predicted octanol–water partition coefficient (Wildman–Crippen LogP) is 4.98. The molecule has 1 aliphatic heterocycles. The molecular formula is C25H18F3N3O3. The van der Waals surface area contributed by atoms with Crippen LogP contribution in [0.15, 0.2) is 79.3 Å². The Bertz CT molecular complexity index is 1360. The summed E-state index contributed by atoms with van der Waals surface area (Å²) in [6.07, 6.45) is 0.473. The Morgan fingerprint density at radius 1 is 1.03 bits per heavy atom. The number of pyridine rings is 2. The number of halogens is 3. The summed E-state index contributed by atoms with van der Waals surface area (Å²) in [5, 5.41) is 4.85. The van der Waals surface area contributed by atoms with E-state index in [-0.39, 0.29) is 18.3 Å². The predicted molar refractivity (Wildman–Crippen MR) is 117 cm³/mol. The van der Waals surface area contributed by atoms with E-state index in [9.17, 15) is 18.0 Å². The van der Waals surface area contributed by atoms with Crippen LogP contribution in [0.2, 0.25) is 0 Å². The molecule has 0 bridgehead atoms. The first-order valence-corrected chi connectivity index (χ1v) is 10.4. The number of alkyl halides is 3. The number of benzene rings is 2. The third kappa shape index (κ3) is 4.12. The Morgan fingerprint density at radius 2 is 1.85 bits per heavy atom. The molecule has 0 fully saturated rings. The zero-order valence-electron chi connectivity index (χ0n) is 17.7. The van der Waals surface area contributed by atoms with Gasteiger partial charge in [-0.05, 0) is 53.4 Å². The molecule has 1 atom stereocenters. The van der Waals surface area contributed by atoms with Gasteiger partial charge in [0, 0.05) is 36.0 Å². The van der Waals surface area contributed by atoms with E-state index in [2.05, 4.69) is 20.0 Å². The maximum Gasteiger partial charge on any atom is 0.573 e. The first kappa shape index (κ1) is 21.7. The minimum Gasteiger partial charge on any atom is -0.491 e. The molecule has 172 valence electrons. The van der Waals surface area contributed by atoms with Gasteiger partial charge < -0.3 is 14.8 Å². The van der Waals surface area contributed by atoms with Crippen molar-refractivity contribution in [3.05, 3.63) is 96.1 Å². The van der Waals surface area contributed by atoms with Gasteiger partial charge in [0.15, 0.2) is 0 Å². The fourth-order valence-corrected chi connectivity index (χ4v) is 4.17. The quantitative estimate of drug-likeness (QED) is 0.460. The Kier molecular flexibility index (Phi) is 5.31.